The monoisotopic (exact) mass is 351 g/mol. The van der Waals surface area contributed by atoms with Crippen molar-refractivity contribution in [1.29, 1.82) is 0 Å². The SMILES string of the molecule is O=C(CN1CCC(c2ccccc2)C1)N1CCN(c2cnccn2)CC1. The highest BCUT2D eigenvalue weighted by Crippen LogP contribution is 2.26. The van der Waals surface area contributed by atoms with Crippen molar-refractivity contribution < 1.29 is 4.79 Å². The molecule has 0 spiro atoms. The number of carbonyl (C=O) groups is 1. The zero-order valence-corrected chi connectivity index (χ0v) is 15.0. The van der Waals surface area contributed by atoms with Crippen molar-refractivity contribution in [3.63, 3.8) is 0 Å². The Hall–Kier alpha value is -2.47. The van der Waals surface area contributed by atoms with Gasteiger partial charge in [0.05, 0.1) is 12.7 Å². The fourth-order valence-corrected chi connectivity index (χ4v) is 3.90. The summed E-state index contributed by atoms with van der Waals surface area (Å²) in [7, 11) is 0. The Balaban J connectivity index is 1.26. The first-order valence-electron chi connectivity index (χ1n) is 9.35. The minimum atomic E-state index is 0.248. The van der Waals surface area contributed by atoms with Gasteiger partial charge in [-0.1, -0.05) is 30.3 Å². The summed E-state index contributed by atoms with van der Waals surface area (Å²) < 4.78 is 0. The van der Waals surface area contributed by atoms with Crippen molar-refractivity contribution in [3.05, 3.63) is 54.5 Å². The van der Waals surface area contributed by atoms with E-state index in [9.17, 15) is 4.79 Å². The molecule has 6 nitrogen and oxygen atoms in total. The van der Waals surface area contributed by atoms with E-state index in [1.807, 2.05) is 4.90 Å². The number of hydrogen-bond donors (Lipinski definition) is 0. The molecule has 1 unspecified atom stereocenters. The molecule has 1 aromatic heterocycles. The molecule has 4 rings (SSSR count). The molecule has 2 aliphatic heterocycles. The summed E-state index contributed by atoms with van der Waals surface area (Å²) in [5.74, 6) is 1.69. The zero-order chi connectivity index (χ0) is 17.8. The van der Waals surface area contributed by atoms with Gasteiger partial charge in [-0.05, 0) is 24.4 Å². The Morgan fingerprint density at radius 1 is 1.04 bits per heavy atom. The molecule has 2 aromatic rings. The van der Waals surface area contributed by atoms with Gasteiger partial charge in [0, 0.05) is 45.1 Å². The number of nitrogens with zero attached hydrogens (tertiary/aromatic N) is 5. The van der Waals surface area contributed by atoms with Crippen LogP contribution in [0.3, 0.4) is 0 Å². The normalized spacial score (nSPS) is 21.2. The van der Waals surface area contributed by atoms with Crippen LogP contribution >= 0.6 is 0 Å². The van der Waals surface area contributed by atoms with Crippen LogP contribution in [-0.4, -0.2) is 71.5 Å². The molecule has 2 saturated heterocycles. The Morgan fingerprint density at radius 3 is 2.58 bits per heavy atom. The summed E-state index contributed by atoms with van der Waals surface area (Å²) in [5.41, 5.74) is 1.39. The Kier molecular flexibility index (Phi) is 5.11. The highest BCUT2D eigenvalue weighted by molar-refractivity contribution is 5.78. The average molecular weight is 351 g/mol. The third-order valence-electron chi connectivity index (χ3n) is 5.41. The van der Waals surface area contributed by atoms with Gasteiger partial charge in [-0.15, -0.1) is 0 Å². The lowest BCUT2D eigenvalue weighted by molar-refractivity contribution is -0.132. The van der Waals surface area contributed by atoms with E-state index in [-0.39, 0.29) is 5.91 Å². The minimum absolute atomic E-state index is 0.248. The van der Waals surface area contributed by atoms with E-state index < -0.39 is 0 Å². The zero-order valence-electron chi connectivity index (χ0n) is 15.0. The summed E-state index contributed by atoms with van der Waals surface area (Å²) in [6, 6.07) is 10.6. The van der Waals surface area contributed by atoms with E-state index in [0.29, 0.717) is 12.5 Å². The first kappa shape index (κ1) is 17.0. The van der Waals surface area contributed by atoms with Crippen molar-refractivity contribution in [2.45, 2.75) is 12.3 Å². The summed E-state index contributed by atoms with van der Waals surface area (Å²) >= 11 is 0. The first-order chi connectivity index (χ1) is 12.8. The average Bonchev–Trinajstić information content (AvgIpc) is 3.18. The fourth-order valence-electron chi connectivity index (χ4n) is 3.90. The molecule has 0 radical (unpaired) electrons. The lowest BCUT2D eigenvalue weighted by atomic mass is 9.99. The summed E-state index contributed by atoms with van der Waals surface area (Å²) in [6.07, 6.45) is 6.31. The van der Waals surface area contributed by atoms with Gasteiger partial charge in [0.2, 0.25) is 5.91 Å². The molecule has 136 valence electrons. The van der Waals surface area contributed by atoms with Crippen molar-refractivity contribution >= 4 is 11.7 Å². The van der Waals surface area contributed by atoms with Crippen LogP contribution in [0.2, 0.25) is 0 Å². The van der Waals surface area contributed by atoms with Gasteiger partial charge in [-0.25, -0.2) is 4.98 Å². The highest BCUT2D eigenvalue weighted by Gasteiger charge is 2.28. The predicted octanol–water partition coefficient (Wildman–Crippen LogP) is 1.61. The molecule has 1 atom stereocenters. The molecule has 0 N–H and O–H groups in total. The second kappa shape index (κ2) is 7.83. The van der Waals surface area contributed by atoms with E-state index in [2.05, 4.69) is 50.1 Å². The number of anilines is 1. The van der Waals surface area contributed by atoms with Crippen molar-refractivity contribution in [1.82, 2.24) is 19.8 Å². The third-order valence-corrected chi connectivity index (χ3v) is 5.41. The summed E-state index contributed by atoms with van der Waals surface area (Å²) in [4.78, 5) is 27.6. The second-order valence-corrected chi connectivity index (χ2v) is 7.06. The molecular weight excluding hydrogens is 326 g/mol. The minimum Gasteiger partial charge on any atom is -0.352 e. The van der Waals surface area contributed by atoms with Gasteiger partial charge < -0.3 is 9.80 Å². The van der Waals surface area contributed by atoms with Gasteiger partial charge in [0.15, 0.2) is 0 Å². The molecule has 1 amide bonds. The van der Waals surface area contributed by atoms with E-state index in [0.717, 1.165) is 51.5 Å². The van der Waals surface area contributed by atoms with E-state index in [1.165, 1.54) is 5.56 Å². The molecular formula is C20H25N5O. The van der Waals surface area contributed by atoms with Crippen LogP contribution in [0.5, 0.6) is 0 Å². The van der Waals surface area contributed by atoms with Crippen LogP contribution in [0.15, 0.2) is 48.9 Å². The maximum absolute atomic E-state index is 12.7. The molecule has 1 aromatic carbocycles. The molecule has 6 heteroatoms. The quantitative estimate of drug-likeness (QED) is 0.838. The van der Waals surface area contributed by atoms with E-state index in [1.54, 1.807) is 18.6 Å². The van der Waals surface area contributed by atoms with Gasteiger partial charge in [0.25, 0.3) is 0 Å². The molecule has 3 heterocycles. The van der Waals surface area contributed by atoms with Gasteiger partial charge >= 0.3 is 0 Å². The number of likely N-dealkylation sites (tertiary alicyclic amines) is 1. The van der Waals surface area contributed by atoms with Crippen molar-refractivity contribution in [2.75, 3.05) is 50.7 Å². The number of amides is 1. The van der Waals surface area contributed by atoms with Crippen LogP contribution < -0.4 is 4.90 Å². The molecule has 2 fully saturated rings. The predicted molar refractivity (Wildman–Crippen MR) is 101 cm³/mol. The fraction of sp³-hybridized carbons (Fsp3) is 0.450. The number of piperazine rings is 1. The number of carbonyl (C=O) groups excluding carboxylic acids is 1. The van der Waals surface area contributed by atoms with Crippen LogP contribution in [0.25, 0.3) is 0 Å². The topological polar surface area (TPSA) is 52.6 Å². The van der Waals surface area contributed by atoms with Crippen LogP contribution in [0, 0.1) is 0 Å². The van der Waals surface area contributed by atoms with Crippen molar-refractivity contribution in [3.8, 4) is 0 Å². The largest absolute Gasteiger partial charge is 0.352 e. The molecule has 2 aliphatic rings. The van der Waals surface area contributed by atoms with Crippen molar-refractivity contribution in [2.24, 2.45) is 0 Å². The smallest absolute Gasteiger partial charge is 0.236 e. The lowest BCUT2D eigenvalue weighted by Gasteiger charge is -2.35. The molecule has 26 heavy (non-hydrogen) atoms. The Bertz CT molecular complexity index is 715. The number of benzene rings is 1. The van der Waals surface area contributed by atoms with E-state index in [4.69, 9.17) is 0 Å². The van der Waals surface area contributed by atoms with Crippen LogP contribution in [-0.2, 0) is 4.79 Å². The maximum atomic E-state index is 12.7. The Labute approximate surface area is 154 Å². The van der Waals surface area contributed by atoms with Gasteiger partial charge in [-0.3, -0.25) is 14.7 Å². The summed E-state index contributed by atoms with van der Waals surface area (Å²) in [6.45, 7) is 5.67. The standard InChI is InChI=1S/C20H25N5O/c26-20(16-23-9-6-18(15-23)17-4-2-1-3-5-17)25-12-10-24(11-13-25)19-14-21-7-8-22-19/h1-5,7-8,14,18H,6,9-13,15-16H2. The number of hydrogen-bond acceptors (Lipinski definition) is 5. The van der Waals surface area contributed by atoms with E-state index >= 15 is 0 Å². The van der Waals surface area contributed by atoms with Crippen LogP contribution in [0.1, 0.15) is 17.9 Å². The third kappa shape index (κ3) is 3.85. The van der Waals surface area contributed by atoms with Gasteiger partial charge in [-0.2, -0.15) is 0 Å². The van der Waals surface area contributed by atoms with Crippen LogP contribution in [0.4, 0.5) is 5.82 Å². The number of aromatic nitrogens is 2. The molecule has 0 aliphatic carbocycles. The Morgan fingerprint density at radius 2 is 1.85 bits per heavy atom. The number of rotatable bonds is 4. The lowest BCUT2D eigenvalue weighted by Crippen LogP contribution is -2.51. The second-order valence-electron chi connectivity index (χ2n) is 7.06. The highest BCUT2D eigenvalue weighted by atomic mass is 16.2. The van der Waals surface area contributed by atoms with Gasteiger partial charge in [0.1, 0.15) is 5.82 Å². The maximum Gasteiger partial charge on any atom is 0.236 e. The molecule has 0 saturated carbocycles. The summed E-state index contributed by atoms with van der Waals surface area (Å²) in [5, 5.41) is 0. The molecule has 0 bridgehead atoms. The first-order valence-corrected chi connectivity index (χ1v) is 9.35.